The number of amides is 2. The Morgan fingerprint density at radius 3 is 2.47 bits per heavy atom. The predicted molar refractivity (Wildman–Crippen MR) is 127 cm³/mol. The van der Waals surface area contributed by atoms with Crippen LogP contribution in [0.25, 0.3) is 6.08 Å². The van der Waals surface area contributed by atoms with Gasteiger partial charge in [-0.2, -0.15) is 0 Å². The van der Waals surface area contributed by atoms with E-state index in [1.807, 2.05) is 73.7 Å². The zero-order valence-corrected chi connectivity index (χ0v) is 18.3. The van der Waals surface area contributed by atoms with E-state index in [1.54, 1.807) is 11.0 Å². The molecule has 3 aromatic rings. The number of carbonyl (C=O) groups is 2. The minimum absolute atomic E-state index is 0.0424. The molecule has 1 aliphatic rings. The molecule has 0 bridgehead atoms. The quantitative estimate of drug-likeness (QED) is 0.554. The Morgan fingerprint density at radius 2 is 1.78 bits per heavy atom. The fourth-order valence-corrected chi connectivity index (χ4v) is 3.64. The standard InChI is InChI=1S/C26H26N4O2/c1-3-21-11-12-22(29-21)16-24-26(32)30(18(2)28-24)23-13-9-19(10-14-23)15-25(31)27-17-20-7-5-4-6-8-20/h4-14,16,29H,3,15,17H2,1-2H3,(H,27,31)/b24-16-. The van der Waals surface area contributed by atoms with Crippen LogP contribution < -0.4 is 10.2 Å². The van der Waals surface area contributed by atoms with Crippen molar-refractivity contribution < 1.29 is 9.59 Å². The molecule has 0 saturated carbocycles. The first-order valence-corrected chi connectivity index (χ1v) is 10.7. The van der Waals surface area contributed by atoms with Crippen molar-refractivity contribution in [3.63, 3.8) is 0 Å². The minimum Gasteiger partial charge on any atom is -0.359 e. The monoisotopic (exact) mass is 426 g/mol. The van der Waals surface area contributed by atoms with Crippen LogP contribution in [-0.4, -0.2) is 22.6 Å². The largest absolute Gasteiger partial charge is 0.359 e. The Bertz CT molecular complexity index is 1170. The van der Waals surface area contributed by atoms with Gasteiger partial charge in [0.15, 0.2) is 0 Å². The second-order valence-electron chi connectivity index (χ2n) is 7.73. The molecule has 6 nitrogen and oxygen atoms in total. The summed E-state index contributed by atoms with van der Waals surface area (Å²) in [5.41, 5.74) is 5.05. The van der Waals surface area contributed by atoms with Crippen LogP contribution in [0.5, 0.6) is 0 Å². The number of aliphatic imine (C=N–C) groups is 1. The maximum atomic E-state index is 12.9. The summed E-state index contributed by atoms with van der Waals surface area (Å²) in [5, 5.41) is 2.93. The predicted octanol–water partition coefficient (Wildman–Crippen LogP) is 4.24. The number of nitrogens with zero attached hydrogens (tertiary/aromatic N) is 2. The summed E-state index contributed by atoms with van der Waals surface area (Å²) in [7, 11) is 0. The average Bonchev–Trinajstić information content (AvgIpc) is 3.37. The highest BCUT2D eigenvalue weighted by atomic mass is 16.2. The highest BCUT2D eigenvalue weighted by Crippen LogP contribution is 2.25. The highest BCUT2D eigenvalue weighted by Gasteiger charge is 2.29. The van der Waals surface area contributed by atoms with Crippen LogP contribution in [0.2, 0.25) is 0 Å². The molecule has 0 spiro atoms. The van der Waals surface area contributed by atoms with Crippen LogP contribution in [0.4, 0.5) is 5.69 Å². The summed E-state index contributed by atoms with van der Waals surface area (Å²) in [6, 6.07) is 21.2. The number of H-pyrrole nitrogens is 1. The smallest absolute Gasteiger partial charge is 0.282 e. The number of amidine groups is 1. The van der Waals surface area contributed by atoms with Crippen LogP contribution >= 0.6 is 0 Å². The van der Waals surface area contributed by atoms with Crippen molar-refractivity contribution in [2.75, 3.05) is 4.90 Å². The van der Waals surface area contributed by atoms with Gasteiger partial charge in [-0.15, -0.1) is 0 Å². The minimum atomic E-state index is -0.163. The van der Waals surface area contributed by atoms with E-state index in [9.17, 15) is 9.59 Å². The van der Waals surface area contributed by atoms with E-state index in [1.165, 1.54) is 0 Å². The Morgan fingerprint density at radius 1 is 1.03 bits per heavy atom. The van der Waals surface area contributed by atoms with Crippen molar-refractivity contribution in [2.24, 2.45) is 4.99 Å². The number of aromatic nitrogens is 1. The lowest BCUT2D eigenvalue weighted by Gasteiger charge is -2.16. The van der Waals surface area contributed by atoms with Crippen molar-refractivity contribution in [3.8, 4) is 0 Å². The van der Waals surface area contributed by atoms with Gasteiger partial charge in [0.1, 0.15) is 11.5 Å². The molecule has 2 aromatic carbocycles. The van der Waals surface area contributed by atoms with Gasteiger partial charge in [-0.05, 0) is 54.8 Å². The number of rotatable bonds is 7. The third-order valence-electron chi connectivity index (χ3n) is 5.36. The molecule has 2 heterocycles. The highest BCUT2D eigenvalue weighted by molar-refractivity contribution is 6.28. The van der Waals surface area contributed by atoms with Gasteiger partial charge in [0.05, 0.1) is 12.1 Å². The molecule has 2 amide bonds. The number of benzene rings is 2. The molecule has 162 valence electrons. The third kappa shape index (κ3) is 4.86. The number of hydrogen-bond donors (Lipinski definition) is 2. The van der Waals surface area contributed by atoms with Crippen molar-refractivity contribution in [1.29, 1.82) is 0 Å². The van der Waals surface area contributed by atoms with Gasteiger partial charge < -0.3 is 10.3 Å². The summed E-state index contributed by atoms with van der Waals surface area (Å²) in [4.78, 5) is 34.5. The number of aryl methyl sites for hydroxylation is 1. The van der Waals surface area contributed by atoms with E-state index in [0.29, 0.717) is 18.1 Å². The lowest BCUT2D eigenvalue weighted by Crippen LogP contribution is -2.30. The molecule has 32 heavy (non-hydrogen) atoms. The Kier molecular flexibility index (Phi) is 6.31. The van der Waals surface area contributed by atoms with E-state index in [-0.39, 0.29) is 18.2 Å². The molecule has 1 aromatic heterocycles. The molecule has 0 fully saturated rings. The van der Waals surface area contributed by atoms with Crippen molar-refractivity contribution >= 4 is 29.4 Å². The molecular weight excluding hydrogens is 400 g/mol. The molecule has 4 rings (SSSR count). The van der Waals surface area contributed by atoms with Crippen molar-refractivity contribution in [1.82, 2.24) is 10.3 Å². The van der Waals surface area contributed by atoms with Crippen LogP contribution in [0.15, 0.2) is 77.4 Å². The number of aromatic amines is 1. The van der Waals surface area contributed by atoms with Crippen molar-refractivity contribution in [2.45, 2.75) is 33.2 Å². The van der Waals surface area contributed by atoms with Crippen LogP contribution in [0.1, 0.15) is 36.4 Å². The van der Waals surface area contributed by atoms with Crippen LogP contribution in [0, 0.1) is 0 Å². The van der Waals surface area contributed by atoms with Crippen LogP contribution in [-0.2, 0) is 29.0 Å². The van der Waals surface area contributed by atoms with Gasteiger partial charge in [-0.1, -0.05) is 49.4 Å². The molecule has 0 atom stereocenters. The summed E-state index contributed by atoms with van der Waals surface area (Å²) < 4.78 is 0. The zero-order valence-electron chi connectivity index (χ0n) is 18.3. The zero-order chi connectivity index (χ0) is 22.5. The summed E-state index contributed by atoms with van der Waals surface area (Å²) in [6.07, 6.45) is 2.96. The first-order chi connectivity index (χ1) is 15.5. The molecule has 1 aliphatic heterocycles. The Labute approximate surface area is 187 Å². The fourth-order valence-electron chi connectivity index (χ4n) is 3.64. The molecule has 6 heteroatoms. The lowest BCUT2D eigenvalue weighted by molar-refractivity contribution is -0.120. The molecule has 0 aliphatic carbocycles. The summed E-state index contributed by atoms with van der Waals surface area (Å²) in [5.74, 6) is 0.416. The van der Waals surface area contributed by atoms with E-state index >= 15 is 0 Å². The fraction of sp³-hybridized carbons (Fsp3) is 0.192. The number of carbonyl (C=O) groups excluding carboxylic acids is 2. The topological polar surface area (TPSA) is 77.6 Å². The van der Waals surface area contributed by atoms with E-state index in [2.05, 4.69) is 22.2 Å². The molecule has 0 saturated heterocycles. The van der Waals surface area contributed by atoms with E-state index in [0.717, 1.165) is 34.6 Å². The normalized spacial score (nSPS) is 14.7. The van der Waals surface area contributed by atoms with Gasteiger partial charge in [-0.25, -0.2) is 4.99 Å². The van der Waals surface area contributed by atoms with Gasteiger partial charge in [0, 0.05) is 17.9 Å². The van der Waals surface area contributed by atoms with Crippen molar-refractivity contribution in [3.05, 3.63) is 94.9 Å². The molecule has 0 radical (unpaired) electrons. The number of nitrogens with one attached hydrogen (secondary N) is 2. The second kappa shape index (κ2) is 9.47. The van der Waals surface area contributed by atoms with E-state index in [4.69, 9.17) is 0 Å². The second-order valence-corrected chi connectivity index (χ2v) is 7.73. The Hall–Kier alpha value is -3.93. The van der Waals surface area contributed by atoms with Gasteiger partial charge >= 0.3 is 0 Å². The van der Waals surface area contributed by atoms with Gasteiger partial charge in [0.25, 0.3) is 5.91 Å². The molecule has 0 unspecified atom stereocenters. The van der Waals surface area contributed by atoms with Crippen LogP contribution in [0.3, 0.4) is 0 Å². The molecule has 2 N–H and O–H groups in total. The first kappa shape index (κ1) is 21.3. The maximum absolute atomic E-state index is 12.9. The van der Waals surface area contributed by atoms with E-state index < -0.39 is 0 Å². The average molecular weight is 427 g/mol. The summed E-state index contributed by atoms with van der Waals surface area (Å²) >= 11 is 0. The van der Waals surface area contributed by atoms with Gasteiger partial charge in [0.2, 0.25) is 5.91 Å². The number of anilines is 1. The first-order valence-electron chi connectivity index (χ1n) is 10.7. The SMILES string of the molecule is CCc1ccc(/C=C2\N=C(C)N(c3ccc(CC(=O)NCc4ccccc4)cc3)C2=O)[nH]1. The Balaban J connectivity index is 1.39. The van der Waals surface area contributed by atoms with Gasteiger partial charge in [-0.3, -0.25) is 14.5 Å². The lowest BCUT2D eigenvalue weighted by atomic mass is 10.1. The summed E-state index contributed by atoms with van der Waals surface area (Å²) in [6.45, 7) is 4.39. The number of hydrogen-bond acceptors (Lipinski definition) is 3. The molecular formula is C26H26N4O2. The maximum Gasteiger partial charge on any atom is 0.282 e. The third-order valence-corrected chi connectivity index (χ3v) is 5.36.